The normalized spacial score (nSPS) is 22.4. The molecule has 1 amide bonds. The molecule has 2 saturated heterocycles. The predicted molar refractivity (Wildman–Crippen MR) is 86.3 cm³/mol. The maximum Gasteiger partial charge on any atom is 0.226 e. The molecule has 5 heteroatoms. The SMILES string of the molecule is O=C(CC1CCCCO1)Nc1cccc(N2CCOCC2)c1. The second-order valence-electron chi connectivity index (χ2n) is 5.89. The Bertz CT molecular complexity index is 494. The van der Waals surface area contributed by atoms with Crippen molar-refractivity contribution >= 4 is 17.3 Å². The van der Waals surface area contributed by atoms with Crippen LogP contribution in [0.1, 0.15) is 25.7 Å². The molecular weight excluding hydrogens is 280 g/mol. The first-order valence-corrected chi connectivity index (χ1v) is 8.15. The van der Waals surface area contributed by atoms with Crippen LogP contribution < -0.4 is 10.2 Å². The van der Waals surface area contributed by atoms with Gasteiger partial charge in [-0.2, -0.15) is 0 Å². The largest absolute Gasteiger partial charge is 0.378 e. The molecule has 2 heterocycles. The fourth-order valence-corrected chi connectivity index (χ4v) is 2.99. The summed E-state index contributed by atoms with van der Waals surface area (Å²) < 4.78 is 11.0. The van der Waals surface area contributed by atoms with Crippen LogP contribution in [0.4, 0.5) is 11.4 Å². The van der Waals surface area contributed by atoms with Gasteiger partial charge in [0.25, 0.3) is 0 Å². The summed E-state index contributed by atoms with van der Waals surface area (Å²) in [6.45, 7) is 4.09. The zero-order chi connectivity index (χ0) is 15.2. The summed E-state index contributed by atoms with van der Waals surface area (Å²) in [5, 5.41) is 2.99. The van der Waals surface area contributed by atoms with Gasteiger partial charge in [-0.1, -0.05) is 6.07 Å². The van der Waals surface area contributed by atoms with Gasteiger partial charge < -0.3 is 19.7 Å². The van der Waals surface area contributed by atoms with Gasteiger partial charge in [0, 0.05) is 31.1 Å². The highest BCUT2D eigenvalue weighted by Crippen LogP contribution is 2.21. The molecule has 0 bridgehead atoms. The Kier molecular flexibility index (Phi) is 5.29. The van der Waals surface area contributed by atoms with Crippen molar-refractivity contribution in [2.45, 2.75) is 31.8 Å². The van der Waals surface area contributed by atoms with Crippen LogP contribution in [0.2, 0.25) is 0 Å². The molecule has 22 heavy (non-hydrogen) atoms. The molecule has 0 aromatic heterocycles. The van der Waals surface area contributed by atoms with Gasteiger partial charge in [0.2, 0.25) is 5.91 Å². The number of nitrogens with zero attached hydrogens (tertiary/aromatic N) is 1. The molecule has 2 fully saturated rings. The minimum Gasteiger partial charge on any atom is -0.378 e. The number of carbonyl (C=O) groups is 1. The van der Waals surface area contributed by atoms with Crippen LogP contribution >= 0.6 is 0 Å². The third-order valence-corrected chi connectivity index (χ3v) is 4.19. The first-order chi connectivity index (χ1) is 10.8. The lowest BCUT2D eigenvalue weighted by atomic mass is 10.1. The lowest BCUT2D eigenvalue weighted by molar-refractivity contribution is -0.119. The molecule has 1 unspecified atom stereocenters. The van der Waals surface area contributed by atoms with E-state index < -0.39 is 0 Å². The molecule has 2 aliphatic rings. The van der Waals surface area contributed by atoms with Crippen molar-refractivity contribution in [2.75, 3.05) is 43.1 Å². The van der Waals surface area contributed by atoms with Gasteiger partial charge in [-0.15, -0.1) is 0 Å². The smallest absolute Gasteiger partial charge is 0.226 e. The summed E-state index contributed by atoms with van der Waals surface area (Å²) in [6, 6.07) is 8.03. The minimum absolute atomic E-state index is 0.0334. The number of ether oxygens (including phenoxy) is 2. The Morgan fingerprint density at radius 3 is 2.86 bits per heavy atom. The summed E-state index contributed by atoms with van der Waals surface area (Å²) in [5.41, 5.74) is 1.99. The van der Waals surface area contributed by atoms with Crippen molar-refractivity contribution < 1.29 is 14.3 Å². The molecule has 1 N–H and O–H groups in total. The quantitative estimate of drug-likeness (QED) is 0.928. The molecule has 1 aromatic rings. The van der Waals surface area contributed by atoms with E-state index in [0.717, 1.165) is 63.5 Å². The Hall–Kier alpha value is -1.59. The second kappa shape index (κ2) is 7.61. The Labute approximate surface area is 131 Å². The number of nitrogens with one attached hydrogen (secondary N) is 1. The lowest BCUT2D eigenvalue weighted by Gasteiger charge is -2.29. The van der Waals surface area contributed by atoms with Crippen molar-refractivity contribution in [2.24, 2.45) is 0 Å². The summed E-state index contributed by atoms with van der Waals surface area (Å²) in [5.74, 6) is 0.0334. The van der Waals surface area contributed by atoms with Crippen molar-refractivity contribution in [3.63, 3.8) is 0 Å². The van der Waals surface area contributed by atoms with E-state index >= 15 is 0 Å². The molecular formula is C17H24N2O3. The maximum absolute atomic E-state index is 12.1. The van der Waals surface area contributed by atoms with E-state index in [0.29, 0.717) is 6.42 Å². The first kappa shape index (κ1) is 15.3. The lowest BCUT2D eigenvalue weighted by Crippen LogP contribution is -2.36. The second-order valence-corrected chi connectivity index (χ2v) is 5.89. The van der Waals surface area contributed by atoms with Crippen LogP contribution in [0, 0.1) is 0 Å². The van der Waals surface area contributed by atoms with Crippen LogP contribution in [0.5, 0.6) is 0 Å². The highest BCUT2D eigenvalue weighted by molar-refractivity contribution is 5.91. The van der Waals surface area contributed by atoms with Gasteiger partial charge in [0.05, 0.1) is 25.7 Å². The summed E-state index contributed by atoms with van der Waals surface area (Å²) in [6.07, 6.45) is 3.78. The molecule has 5 nitrogen and oxygen atoms in total. The average Bonchev–Trinajstić information content (AvgIpc) is 2.57. The molecule has 0 spiro atoms. The molecule has 1 atom stereocenters. The Morgan fingerprint density at radius 2 is 2.09 bits per heavy atom. The van der Waals surface area contributed by atoms with E-state index in [-0.39, 0.29) is 12.0 Å². The summed E-state index contributed by atoms with van der Waals surface area (Å²) in [7, 11) is 0. The van der Waals surface area contributed by atoms with Crippen LogP contribution in [0.25, 0.3) is 0 Å². The molecule has 3 rings (SSSR count). The van der Waals surface area contributed by atoms with Gasteiger partial charge in [-0.25, -0.2) is 0 Å². The standard InChI is InChI=1S/C17H24N2O3/c20-17(13-16-6-1-2-9-22-16)18-14-4-3-5-15(12-14)19-7-10-21-11-8-19/h3-5,12,16H,1-2,6-11,13H2,(H,18,20). The van der Waals surface area contributed by atoms with Gasteiger partial charge in [0.15, 0.2) is 0 Å². The topological polar surface area (TPSA) is 50.8 Å². The number of carbonyl (C=O) groups excluding carboxylic acids is 1. The third kappa shape index (κ3) is 4.21. The molecule has 1 aromatic carbocycles. The first-order valence-electron chi connectivity index (χ1n) is 8.15. The zero-order valence-electron chi connectivity index (χ0n) is 12.9. The third-order valence-electron chi connectivity index (χ3n) is 4.19. The summed E-state index contributed by atoms with van der Waals surface area (Å²) >= 11 is 0. The number of amides is 1. The predicted octanol–water partition coefficient (Wildman–Crippen LogP) is 2.42. The van der Waals surface area contributed by atoms with Crippen LogP contribution in [-0.4, -0.2) is 44.9 Å². The Balaban J connectivity index is 1.56. The highest BCUT2D eigenvalue weighted by atomic mass is 16.5. The van der Waals surface area contributed by atoms with E-state index in [1.807, 2.05) is 18.2 Å². The molecule has 120 valence electrons. The molecule has 0 aliphatic carbocycles. The Morgan fingerprint density at radius 1 is 1.23 bits per heavy atom. The van der Waals surface area contributed by atoms with Crippen molar-refractivity contribution in [3.8, 4) is 0 Å². The fraction of sp³-hybridized carbons (Fsp3) is 0.588. The maximum atomic E-state index is 12.1. The van der Waals surface area contributed by atoms with Gasteiger partial charge in [-0.3, -0.25) is 4.79 Å². The highest BCUT2D eigenvalue weighted by Gasteiger charge is 2.18. The average molecular weight is 304 g/mol. The molecule has 0 radical (unpaired) electrons. The van der Waals surface area contributed by atoms with Crippen molar-refractivity contribution in [3.05, 3.63) is 24.3 Å². The molecule has 0 saturated carbocycles. The fourth-order valence-electron chi connectivity index (χ4n) is 2.99. The number of rotatable bonds is 4. The van der Waals surface area contributed by atoms with Crippen LogP contribution in [-0.2, 0) is 14.3 Å². The van der Waals surface area contributed by atoms with E-state index in [2.05, 4.69) is 16.3 Å². The van der Waals surface area contributed by atoms with E-state index in [9.17, 15) is 4.79 Å². The van der Waals surface area contributed by atoms with E-state index in [4.69, 9.17) is 9.47 Å². The number of anilines is 2. The van der Waals surface area contributed by atoms with Gasteiger partial charge in [-0.05, 0) is 37.5 Å². The van der Waals surface area contributed by atoms with Crippen LogP contribution in [0.15, 0.2) is 24.3 Å². The van der Waals surface area contributed by atoms with Crippen LogP contribution in [0.3, 0.4) is 0 Å². The van der Waals surface area contributed by atoms with Crippen molar-refractivity contribution in [1.82, 2.24) is 0 Å². The number of hydrogen-bond acceptors (Lipinski definition) is 4. The number of benzene rings is 1. The number of morpholine rings is 1. The molecule has 2 aliphatic heterocycles. The van der Waals surface area contributed by atoms with Gasteiger partial charge in [0.1, 0.15) is 0 Å². The monoisotopic (exact) mass is 304 g/mol. The zero-order valence-corrected chi connectivity index (χ0v) is 12.9. The summed E-state index contributed by atoms with van der Waals surface area (Å²) in [4.78, 5) is 14.4. The van der Waals surface area contributed by atoms with Crippen molar-refractivity contribution in [1.29, 1.82) is 0 Å². The number of hydrogen-bond donors (Lipinski definition) is 1. The van der Waals surface area contributed by atoms with Gasteiger partial charge >= 0.3 is 0 Å². The van der Waals surface area contributed by atoms with E-state index in [1.165, 1.54) is 0 Å². The van der Waals surface area contributed by atoms with E-state index in [1.54, 1.807) is 0 Å². The minimum atomic E-state index is 0.0334.